The predicted molar refractivity (Wildman–Crippen MR) is 72.2 cm³/mol. The molecule has 2 nitrogen and oxygen atoms in total. The van der Waals surface area contributed by atoms with Crippen LogP contribution in [0.4, 0.5) is 0 Å². The third-order valence-corrected chi connectivity index (χ3v) is 3.88. The molecule has 1 aliphatic rings. The summed E-state index contributed by atoms with van der Waals surface area (Å²) in [4.78, 5) is 4.58. The smallest absolute Gasteiger partial charge is 0.0426 e. The Kier molecular flexibility index (Phi) is 3.53. The number of nitrogens with zero attached hydrogens (tertiary/aromatic N) is 1. The highest BCUT2D eigenvalue weighted by Gasteiger charge is 2.27. The summed E-state index contributed by atoms with van der Waals surface area (Å²) in [7, 11) is 0. The SMILES string of the molecule is Cc1cc(C)c(C(C)NC2CC(C)C2)c(C)n1. The van der Waals surface area contributed by atoms with E-state index in [-0.39, 0.29) is 0 Å². The fourth-order valence-corrected chi connectivity index (χ4v) is 3.16. The second-order valence-corrected chi connectivity index (χ2v) is 5.74. The maximum atomic E-state index is 4.58. The fraction of sp³-hybridized carbons (Fsp3) is 0.667. The van der Waals surface area contributed by atoms with E-state index in [1.165, 1.54) is 29.7 Å². The first-order valence-electron chi connectivity index (χ1n) is 6.68. The third kappa shape index (κ3) is 2.68. The molecule has 17 heavy (non-hydrogen) atoms. The molecule has 94 valence electrons. The lowest BCUT2D eigenvalue weighted by Gasteiger charge is -2.36. The van der Waals surface area contributed by atoms with Gasteiger partial charge in [-0.2, -0.15) is 0 Å². The van der Waals surface area contributed by atoms with Crippen LogP contribution in [-0.2, 0) is 0 Å². The third-order valence-electron chi connectivity index (χ3n) is 3.88. The first-order valence-corrected chi connectivity index (χ1v) is 6.68. The van der Waals surface area contributed by atoms with Crippen LogP contribution in [0.1, 0.15) is 55.2 Å². The Morgan fingerprint density at radius 2 is 1.94 bits per heavy atom. The van der Waals surface area contributed by atoms with Crippen molar-refractivity contribution in [2.75, 3.05) is 0 Å². The van der Waals surface area contributed by atoms with Gasteiger partial charge in [-0.1, -0.05) is 6.92 Å². The highest BCUT2D eigenvalue weighted by molar-refractivity contribution is 5.33. The number of aromatic nitrogens is 1. The van der Waals surface area contributed by atoms with E-state index in [0.717, 1.165) is 11.6 Å². The van der Waals surface area contributed by atoms with Crippen LogP contribution in [-0.4, -0.2) is 11.0 Å². The summed E-state index contributed by atoms with van der Waals surface area (Å²) < 4.78 is 0. The lowest BCUT2D eigenvalue weighted by atomic mass is 9.81. The van der Waals surface area contributed by atoms with Crippen LogP contribution in [0.2, 0.25) is 0 Å². The molecule has 1 heterocycles. The van der Waals surface area contributed by atoms with Gasteiger partial charge in [0, 0.05) is 23.5 Å². The summed E-state index contributed by atoms with van der Waals surface area (Å²) in [5.74, 6) is 0.901. The van der Waals surface area contributed by atoms with Crippen LogP contribution in [0.15, 0.2) is 6.07 Å². The maximum absolute atomic E-state index is 4.58. The van der Waals surface area contributed by atoms with E-state index in [1.54, 1.807) is 0 Å². The molecule has 1 aliphatic carbocycles. The van der Waals surface area contributed by atoms with Gasteiger partial charge in [0.2, 0.25) is 0 Å². The number of aryl methyl sites for hydroxylation is 3. The van der Waals surface area contributed by atoms with Crippen molar-refractivity contribution >= 4 is 0 Å². The summed E-state index contributed by atoms with van der Waals surface area (Å²) in [6.45, 7) is 11.0. The quantitative estimate of drug-likeness (QED) is 0.863. The minimum atomic E-state index is 0.417. The maximum Gasteiger partial charge on any atom is 0.0426 e. The molecule has 0 spiro atoms. The molecular weight excluding hydrogens is 208 g/mol. The van der Waals surface area contributed by atoms with Gasteiger partial charge in [0.05, 0.1) is 0 Å². The minimum Gasteiger partial charge on any atom is -0.307 e. The van der Waals surface area contributed by atoms with Crippen LogP contribution in [0.3, 0.4) is 0 Å². The van der Waals surface area contributed by atoms with E-state index >= 15 is 0 Å². The summed E-state index contributed by atoms with van der Waals surface area (Å²) in [6.07, 6.45) is 2.64. The van der Waals surface area contributed by atoms with Gasteiger partial charge in [0.1, 0.15) is 0 Å². The monoisotopic (exact) mass is 232 g/mol. The summed E-state index contributed by atoms with van der Waals surface area (Å²) in [5.41, 5.74) is 5.04. The van der Waals surface area contributed by atoms with Crippen molar-refractivity contribution in [2.24, 2.45) is 5.92 Å². The average Bonchev–Trinajstić information content (AvgIpc) is 2.13. The van der Waals surface area contributed by atoms with Gasteiger partial charge < -0.3 is 5.32 Å². The van der Waals surface area contributed by atoms with E-state index in [4.69, 9.17) is 0 Å². The van der Waals surface area contributed by atoms with Crippen molar-refractivity contribution < 1.29 is 0 Å². The van der Waals surface area contributed by atoms with Crippen molar-refractivity contribution in [1.29, 1.82) is 0 Å². The Morgan fingerprint density at radius 1 is 1.29 bits per heavy atom. The molecule has 1 unspecified atom stereocenters. The molecule has 1 aromatic heterocycles. The van der Waals surface area contributed by atoms with Gasteiger partial charge in [-0.25, -0.2) is 0 Å². The summed E-state index contributed by atoms with van der Waals surface area (Å²) >= 11 is 0. The molecular formula is C15H24N2. The molecule has 1 aromatic rings. The Hall–Kier alpha value is -0.890. The van der Waals surface area contributed by atoms with Crippen LogP contribution < -0.4 is 5.32 Å². The van der Waals surface area contributed by atoms with Crippen LogP contribution in [0.25, 0.3) is 0 Å². The van der Waals surface area contributed by atoms with Crippen molar-refractivity contribution in [3.8, 4) is 0 Å². The lowest BCUT2D eigenvalue weighted by Crippen LogP contribution is -2.41. The number of pyridine rings is 1. The first kappa shape index (κ1) is 12.6. The van der Waals surface area contributed by atoms with Crippen molar-refractivity contribution in [3.63, 3.8) is 0 Å². The molecule has 0 bridgehead atoms. The zero-order chi connectivity index (χ0) is 12.6. The molecule has 1 fully saturated rings. The van der Waals surface area contributed by atoms with E-state index in [1.807, 2.05) is 0 Å². The zero-order valence-corrected chi connectivity index (χ0v) is 11.7. The summed E-state index contributed by atoms with van der Waals surface area (Å²) in [6, 6.07) is 3.31. The minimum absolute atomic E-state index is 0.417. The average molecular weight is 232 g/mol. The van der Waals surface area contributed by atoms with Crippen molar-refractivity contribution in [3.05, 3.63) is 28.6 Å². The number of nitrogens with one attached hydrogen (secondary N) is 1. The predicted octanol–water partition coefficient (Wildman–Crippen LogP) is 3.46. The molecule has 0 radical (unpaired) electrons. The normalized spacial score (nSPS) is 25.5. The fourth-order valence-electron chi connectivity index (χ4n) is 3.16. The largest absolute Gasteiger partial charge is 0.307 e. The van der Waals surface area contributed by atoms with Gasteiger partial charge in [-0.15, -0.1) is 0 Å². The van der Waals surface area contributed by atoms with Crippen LogP contribution in [0.5, 0.6) is 0 Å². The Morgan fingerprint density at radius 3 is 2.47 bits per heavy atom. The van der Waals surface area contributed by atoms with Gasteiger partial charge in [-0.05, 0) is 63.6 Å². The number of hydrogen-bond donors (Lipinski definition) is 1. The van der Waals surface area contributed by atoms with E-state index in [9.17, 15) is 0 Å². The molecule has 1 atom stereocenters. The van der Waals surface area contributed by atoms with Crippen LogP contribution >= 0.6 is 0 Å². The number of hydrogen-bond acceptors (Lipinski definition) is 2. The standard InChI is InChI=1S/C15H24N2/c1-9-6-14(7-9)17-13(5)15-10(2)8-11(3)16-12(15)4/h8-9,13-14,17H,6-7H2,1-5H3. The molecule has 1 N–H and O–H groups in total. The topological polar surface area (TPSA) is 24.9 Å². The Labute approximate surface area is 105 Å². The first-order chi connectivity index (χ1) is 7.97. The van der Waals surface area contributed by atoms with E-state index < -0.39 is 0 Å². The van der Waals surface area contributed by atoms with E-state index in [2.05, 4.69) is 51.0 Å². The molecule has 2 rings (SSSR count). The van der Waals surface area contributed by atoms with Gasteiger partial charge in [0.15, 0.2) is 0 Å². The van der Waals surface area contributed by atoms with Gasteiger partial charge in [0.25, 0.3) is 0 Å². The van der Waals surface area contributed by atoms with Gasteiger partial charge in [-0.3, -0.25) is 4.98 Å². The van der Waals surface area contributed by atoms with Crippen molar-refractivity contribution in [1.82, 2.24) is 10.3 Å². The Balaban J connectivity index is 2.10. The molecule has 0 amide bonds. The molecule has 0 aliphatic heterocycles. The summed E-state index contributed by atoms with van der Waals surface area (Å²) in [5, 5.41) is 3.72. The molecule has 1 saturated carbocycles. The highest BCUT2D eigenvalue weighted by Crippen LogP contribution is 2.30. The highest BCUT2D eigenvalue weighted by atomic mass is 15.0. The molecule has 2 heteroatoms. The second-order valence-electron chi connectivity index (χ2n) is 5.74. The molecule has 0 aromatic carbocycles. The van der Waals surface area contributed by atoms with Gasteiger partial charge >= 0.3 is 0 Å². The lowest BCUT2D eigenvalue weighted by molar-refractivity contribution is 0.226. The second kappa shape index (κ2) is 4.77. The van der Waals surface area contributed by atoms with Crippen molar-refractivity contribution in [2.45, 2.75) is 59.5 Å². The zero-order valence-electron chi connectivity index (χ0n) is 11.7. The number of rotatable bonds is 3. The van der Waals surface area contributed by atoms with E-state index in [0.29, 0.717) is 12.1 Å². The Bertz CT molecular complexity index is 382. The van der Waals surface area contributed by atoms with Crippen LogP contribution in [0, 0.1) is 26.7 Å². The molecule has 0 saturated heterocycles.